The fourth-order valence-corrected chi connectivity index (χ4v) is 5.85. The number of benzene rings is 3. The minimum atomic E-state index is 0.453. The topological polar surface area (TPSA) is 89.5 Å². The fourth-order valence-electron chi connectivity index (χ4n) is 5.85. The van der Waals surface area contributed by atoms with Gasteiger partial charge in [-0.25, -0.2) is 9.97 Å². The monoisotopic (exact) mass is 619 g/mol. The van der Waals surface area contributed by atoms with E-state index in [1.54, 1.807) is 6.33 Å². The van der Waals surface area contributed by atoms with Crippen molar-refractivity contribution in [3.63, 3.8) is 0 Å². The van der Waals surface area contributed by atoms with Gasteiger partial charge in [0.05, 0.1) is 24.2 Å². The van der Waals surface area contributed by atoms with Crippen LogP contribution in [0.5, 0.6) is 5.75 Å². The highest BCUT2D eigenvalue weighted by molar-refractivity contribution is 5.89. The molecule has 0 spiro atoms. The molecule has 0 atom stereocenters. The van der Waals surface area contributed by atoms with Gasteiger partial charge in [-0.3, -0.25) is 9.78 Å². The number of pyridine rings is 1. The van der Waals surface area contributed by atoms with Crippen molar-refractivity contribution in [1.29, 1.82) is 0 Å². The lowest BCUT2D eigenvalue weighted by Crippen LogP contribution is -2.29. The predicted octanol–water partition coefficient (Wildman–Crippen LogP) is 7.27. The highest BCUT2D eigenvalue weighted by Gasteiger charge is 2.08. The standard InChI is InChI=1S/C38H45N5O3/c44-30-45-26-10-24-43(23-8-2-5-15-32-20-22-39-36-17-7-6-16-34(32)36)25-11-27-46-33-18-19-35-37(28-33)41-29-42-38(35)40-21-9-14-31-12-3-1-4-13-31/h1,3-4,6-7,12-13,16-20,22,28-30H,2,5,8-11,14-15,21,23-27H2,(H,40,41,42). The number of para-hydroxylation sites is 1. The van der Waals surface area contributed by atoms with Gasteiger partial charge in [-0.15, -0.1) is 0 Å². The Bertz CT molecular complexity index is 1630. The summed E-state index contributed by atoms with van der Waals surface area (Å²) in [4.78, 5) is 26.5. The first kappa shape index (κ1) is 32.8. The van der Waals surface area contributed by atoms with Gasteiger partial charge in [0.15, 0.2) is 0 Å². The van der Waals surface area contributed by atoms with Crippen LogP contribution in [0.4, 0.5) is 5.82 Å². The van der Waals surface area contributed by atoms with Crippen LogP contribution < -0.4 is 10.1 Å². The molecular weight excluding hydrogens is 574 g/mol. The molecule has 2 aromatic heterocycles. The zero-order valence-corrected chi connectivity index (χ0v) is 26.7. The molecule has 46 heavy (non-hydrogen) atoms. The van der Waals surface area contributed by atoms with Gasteiger partial charge in [-0.1, -0.05) is 55.0 Å². The second kappa shape index (κ2) is 18.4. The molecule has 0 aliphatic heterocycles. The number of carbonyl (C=O) groups excluding carboxylic acids is 1. The molecule has 5 rings (SSSR count). The summed E-state index contributed by atoms with van der Waals surface area (Å²) < 4.78 is 11.1. The van der Waals surface area contributed by atoms with Crippen molar-refractivity contribution in [1.82, 2.24) is 19.9 Å². The van der Waals surface area contributed by atoms with Crippen molar-refractivity contribution in [2.75, 3.05) is 44.7 Å². The van der Waals surface area contributed by atoms with Gasteiger partial charge in [-0.05, 0) is 86.9 Å². The third-order valence-electron chi connectivity index (χ3n) is 8.24. The molecule has 240 valence electrons. The molecule has 0 amide bonds. The Morgan fingerprint density at radius 3 is 2.41 bits per heavy atom. The predicted molar refractivity (Wildman–Crippen MR) is 185 cm³/mol. The van der Waals surface area contributed by atoms with Gasteiger partial charge in [0, 0.05) is 42.7 Å². The third-order valence-corrected chi connectivity index (χ3v) is 8.24. The van der Waals surface area contributed by atoms with E-state index in [0.717, 1.165) is 106 Å². The second-order valence-corrected chi connectivity index (χ2v) is 11.6. The maximum absolute atomic E-state index is 10.6. The maximum Gasteiger partial charge on any atom is 0.293 e. The first-order chi connectivity index (χ1) is 22.8. The van der Waals surface area contributed by atoms with E-state index in [1.807, 2.05) is 36.5 Å². The molecule has 0 unspecified atom stereocenters. The molecule has 0 saturated heterocycles. The van der Waals surface area contributed by atoms with E-state index >= 15 is 0 Å². The molecule has 0 saturated carbocycles. The Labute approximate surface area is 272 Å². The molecule has 0 bridgehead atoms. The highest BCUT2D eigenvalue weighted by atomic mass is 16.5. The van der Waals surface area contributed by atoms with Crippen LogP contribution in [0.1, 0.15) is 49.7 Å². The van der Waals surface area contributed by atoms with Gasteiger partial charge in [-0.2, -0.15) is 0 Å². The second-order valence-electron chi connectivity index (χ2n) is 11.6. The van der Waals surface area contributed by atoms with Crippen LogP contribution in [-0.2, 0) is 22.4 Å². The number of fused-ring (bicyclic) bond motifs is 2. The first-order valence-electron chi connectivity index (χ1n) is 16.6. The van der Waals surface area contributed by atoms with Gasteiger partial charge < -0.3 is 19.7 Å². The summed E-state index contributed by atoms with van der Waals surface area (Å²) in [6.07, 6.45) is 11.8. The van der Waals surface area contributed by atoms with Crippen molar-refractivity contribution in [2.24, 2.45) is 0 Å². The van der Waals surface area contributed by atoms with Crippen LogP contribution in [0.2, 0.25) is 0 Å². The minimum Gasteiger partial charge on any atom is -0.493 e. The number of rotatable bonds is 21. The van der Waals surface area contributed by atoms with E-state index in [0.29, 0.717) is 19.7 Å². The summed E-state index contributed by atoms with van der Waals surface area (Å²) in [5.74, 6) is 1.67. The van der Waals surface area contributed by atoms with Crippen LogP contribution in [-0.4, -0.2) is 65.7 Å². The zero-order valence-electron chi connectivity index (χ0n) is 26.7. The van der Waals surface area contributed by atoms with Gasteiger partial charge in [0.1, 0.15) is 17.9 Å². The Kier molecular flexibility index (Phi) is 13.1. The Morgan fingerprint density at radius 2 is 1.52 bits per heavy atom. The number of aryl methyl sites for hydroxylation is 2. The quantitative estimate of drug-likeness (QED) is 0.0678. The number of aromatic nitrogens is 3. The number of anilines is 1. The molecular formula is C38H45N5O3. The van der Waals surface area contributed by atoms with Crippen molar-refractivity contribution >= 4 is 34.1 Å². The summed E-state index contributed by atoms with van der Waals surface area (Å²) in [6.45, 7) is 5.30. The maximum atomic E-state index is 10.6. The number of nitrogens with one attached hydrogen (secondary N) is 1. The molecule has 0 aliphatic carbocycles. The average molecular weight is 620 g/mol. The van der Waals surface area contributed by atoms with Crippen LogP contribution in [0, 0.1) is 0 Å². The minimum absolute atomic E-state index is 0.453. The number of unbranched alkanes of at least 4 members (excludes halogenated alkanes) is 2. The summed E-state index contributed by atoms with van der Waals surface area (Å²) in [5.41, 5.74) is 4.65. The lowest BCUT2D eigenvalue weighted by Gasteiger charge is -2.22. The van der Waals surface area contributed by atoms with Crippen molar-refractivity contribution < 1.29 is 14.3 Å². The molecule has 8 nitrogen and oxygen atoms in total. The van der Waals surface area contributed by atoms with Crippen molar-refractivity contribution in [3.8, 4) is 5.75 Å². The number of hydrogen-bond acceptors (Lipinski definition) is 8. The number of nitrogens with zero attached hydrogens (tertiary/aromatic N) is 4. The van der Waals surface area contributed by atoms with Gasteiger partial charge >= 0.3 is 0 Å². The number of ether oxygens (including phenoxy) is 2. The van der Waals surface area contributed by atoms with Crippen molar-refractivity contribution in [2.45, 2.75) is 51.4 Å². The van der Waals surface area contributed by atoms with Crippen LogP contribution in [0.15, 0.2) is 91.4 Å². The molecule has 1 N–H and O–H groups in total. The lowest BCUT2D eigenvalue weighted by atomic mass is 10.0. The van der Waals surface area contributed by atoms with Crippen LogP contribution in [0.3, 0.4) is 0 Å². The highest BCUT2D eigenvalue weighted by Crippen LogP contribution is 2.24. The zero-order chi connectivity index (χ0) is 31.7. The molecule has 0 aliphatic rings. The average Bonchev–Trinajstić information content (AvgIpc) is 3.10. The van der Waals surface area contributed by atoms with E-state index in [1.165, 1.54) is 16.5 Å². The fraction of sp³-hybridized carbons (Fsp3) is 0.368. The summed E-state index contributed by atoms with van der Waals surface area (Å²) >= 11 is 0. The normalized spacial score (nSPS) is 11.2. The molecule has 0 radical (unpaired) electrons. The van der Waals surface area contributed by atoms with E-state index in [2.05, 4.69) is 73.7 Å². The van der Waals surface area contributed by atoms with Crippen LogP contribution >= 0.6 is 0 Å². The smallest absolute Gasteiger partial charge is 0.293 e. The molecule has 2 heterocycles. The first-order valence-corrected chi connectivity index (χ1v) is 16.6. The SMILES string of the molecule is O=COCCCN(CCCCCc1ccnc2ccccc12)CCCOc1ccc2c(NCCCc3ccccc3)ncnc2c1. The summed E-state index contributed by atoms with van der Waals surface area (Å²) in [7, 11) is 0. The molecule has 0 fully saturated rings. The van der Waals surface area contributed by atoms with Gasteiger partial charge in [0.2, 0.25) is 0 Å². The third kappa shape index (κ3) is 10.2. The van der Waals surface area contributed by atoms with E-state index in [9.17, 15) is 4.79 Å². The van der Waals surface area contributed by atoms with Gasteiger partial charge in [0.25, 0.3) is 6.47 Å². The largest absolute Gasteiger partial charge is 0.493 e. The molecule has 3 aromatic carbocycles. The molecule has 8 heteroatoms. The van der Waals surface area contributed by atoms with Crippen LogP contribution in [0.25, 0.3) is 21.8 Å². The Balaban J connectivity index is 1.04. The Hall–Kier alpha value is -4.56. The molecule has 5 aromatic rings. The Morgan fingerprint density at radius 1 is 0.696 bits per heavy atom. The summed E-state index contributed by atoms with van der Waals surface area (Å²) in [5, 5.41) is 5.73. The van der Waals surface area contributed by atoms with Crippen molar-refractivity contribution in [3.05, 3.63) is 103 Å². The van der Waals surface area contributed by atoms with E-state index in [4.69, 9.17) is 9.47 Å². The van der Waals surface area contributed by atoms with E-state index < -0.39 is 0 Å². The number of carbonyl (C=O) groups is 1. The summed E-state index contributed by atoms with van der Waals surface area (Å²) in [6, 6.07) is 27.1. The number of hydrogen-bond donors (Lipinski definition) is 1. The lowest BCUT2D eigenvalue weighted by molar-refractivity contribution is -0.128. The van der Waals surface area contributed by atoms with E-state index in [-0.39, 0.29) is 0 Å².